The van der Waals surface area contributed by atoms with Gasteiger partial charge in [-0.1, -0.05) is 6.58 Å². The second-order valence-corrected chi connectivity index (χ2v) is 3.98. The van der Waals surface area contributed by atoms with Crippen molar-refractivity contribution < 1.29 is 23.8 Å². The molecule has 0 aromatic carbocycles. The van der Waals surface area contributed by atoms with Gasteiger partial charge in [0.25, 0.3) is 0 Å². The van der Waals surface area contributed by atoms with Crippen LogP contribution in [0.25, 0.3) is 0 Å². The van der Waals surface area contributed by atoms with Crippen molar-refractivity contribution in [3.63, 3.8) is 0 Å². The Bertz CT molecular complexity index is 310. The molecule has 1 heterocycles. The van der Waals surface area contributed by atoms with Crippen LogP contribution >= 0.6 is 0 Å². The smallest absolute Gasteiger partial charge is 0.409 e. The van der Waals surface area contributed by atoms with Gasteiger partial charge in [0.2, 0.25) is 0 Å². The Morgan fingerprint density at radius 1 is 1.22 bits per heavy atom. The highest BCUT2D eigenvalue weighted by atomic mass is 16.6. The summed E-state index contributed by atoms with van der Waals surface area (Å²) in [6.07, 6.45) is 0.138. The summed E-state index contributed by atoms with van der Waals surface area (Å²) in [5, 5.41) is 0. The lowest BCUT2D eigenvalue weighted by molar-refractivity contribution is -0.139. The molecule has 1 amide bonds. The fourth-order valence-corrected chi connectivity index (χ4v) is 1.34. The molecule has 0 aromatic heterocycles. The first-order chi connectivity index (χ1) is 8.61. The number of carbonyl (C=O) groups is 2. The number of hydrogen-bond donors (Lipinski definition) is 0. The summed E-state index contributed by atoms with van der Waals surface area (Å²) in [4.78, 5) is 24.2. The number of carbonyl (C=O) groups excluding carboxylic acids is 2. The lowest BCUT2D eigenvalue weighted by atomic mass is 10.4. The molecule has 18 heavy (non-hydrogen) atoms. The third-order valence-corrected chi connectivity index (χ3v) is 2.37. The molecule has 0 unspecified atom stereocenters. The number of amides is 1. The van der Waals surface area contributed by atoms with E-state index in [4.69, 9.17) is 14.2 Å². The monoisotopic (exact) mass is 257 g/mol. The van der Waals surface area contributed by atoms with Crippen molar-refractivity contribution in [2.75, 3.05) is 39.5 Å². The average molecular weight is 257 g/mol. The van der Waals surface area contributed by atoms with Crippen molar-refractivity contribution in [3.8, 4) is 0 Å². The summed E-state index contributed by atoms with van der Waals surface area (Å²) in [6.45, 7) is 7.72. The lowest BCUT2D eigenvalue weighted by Gasteiger charge is -2.25. The largest absolute Gasteiger partial charge is 0.462 e. The molecule has 0 spiro atoms. The van der Waals surface area contributed by atoms with Gasteiger partial charge in [-0.25, -0.2) is 9.59 Å². The molecule has 1 fully saturated rings. The Morgan fingerprint density at radius 2 is 1.83 bits per heavy atom. The van der Waals surface area contributed by atoms with Gasteiger partial charge in [-0.3, -0.25) is 0 Å². The van der Waals surface area contributed by atoms with Gasteiger partial charge in [0.1, 0.15) is 0 Å². The molecule has 0 bridgehead atoms. The van der Waals surface area contributed by atoms with Gasteiger partial charge < -0.3 is 19.1 Å². The van der Waals surface area contributed by atoms with Crippen LogP contribution in [0, 0.1) is 0 Å². The molecule has 0 atom stereocenters. The Morgan fingerprint density at radius 3 is 2.44 bits per heavy atom. The van der Waals surface area contributed by atoms with Crippen LogP contribution in [-0.2, 0) is 19.0 Å². The molecule has 102 valence electrons. The molecule has 6 nitrogen and oxygen atoms in total. The highest BCUT2D eigenvalue weighted by Gasteiger charge is 2.17. The summed E-state index contributed by atoms with van der Waals surface area (Å²) >= 11 is 0. The molecule has 0 aromatic rings. The first-order valence-corrected chi connectivity index (χ1v) is 5.93. The zero-order valence-corrected chi connectivity index (χ0v) is 10.6. The first kappa shape index (κ1) is 14.5. The minimum Gasteiger partial charge on any atom is -0.462 e. The van der Waals surface area contributed by atoms with Gasteiger partial charge in [-0.2, -0.15) is 0 Å². The number of ether oxygens (including phenoxy) is 3. The van der Waals surface area contributed by atoms with Crippen LogP contribution in [0.2, 0.25) is 0 Å². The minimum absolute atomic E-state index is 0.224. The van der Waals surface area contributed by atoms with Gasteiger partial charge in [0.05, 0.1) is 26.4 Å². The van der Waals surface area contributed by atoms with E-state index in [0.29, 0.717) is 38.3 Å². The topological polar surface area (TPSA) is 65.1 Å². The highest BCUT2D eigenvalue weighted by molar-refractivity contribution is 5.86. The van der Waals surface area contributed by atoms with E-state index in [9.17, 15) is 9.59 Å². The maximum atomic E-state index is 11.5. The molecular formula is C12H19NO5. The summed E-state index contributed by atoms with van der Waals surface area (Å²) in [6, 6.07) is 0. The van der Waals surface area contributed by atoms with E-state index in [2.05, 4.69) is 6.58 Å². The molecule has 0 N–H and O–H groups in total. The van der Waals surface area contributed by atoms with Crippen LogP contribution < -0.4 is 0 Å². The number of esters is 1. The van der Waals surface area contributed by atoms with Crippen LogP contribution in [0.15, 0.2) is 12.2 Å². The predicted molar refractivity (Wildman–Crippen MR) is 64.1 cm³/mol. The Kier molecular flexibility index (Phi) is 6.21. The van der Waals surface area contributed by atoms with E-state index in [1.165, 1.54) is 0 Å². The number of morpholine rings is 1. The van der Waals surface area contributed by atoms with E-state index < -0.39 is 5.97 Å². The van der Waals surface area contributed by atoms with Crippen LogP contribution in [0.3, 0.4) is 0 Å². The SMILES string of the molecule is C=C(C)C(=O)OCCCOC(=O)N1CCOCC1. The van der Waals surface area contributed by atoms with Crippen LogP contribution in [-0.4, -0.2) is 56.5 Å². The molecule has 1 rings (SSSR count). The molecule has 0 aliphatic carbocycles. The molecule has 1 saturated heterocycles. The average Bonchev–Trinajstić information content (AvgIpc) is 2.38. The van der Waals surface area contributed by atoms with Crippen LogP contribution in [0.4, 0.5) is 4.79 Å². The number of nitrogens with zero attached hydrogens (tertiary/aromatic N) is 1. The van der Waals surface area contributed by atoms with Crippen LogP contribution in [0.1, 0.15) is 13.3 Å². The van der Waals surface area contributed by atoms with Crippen molar-refractivity contribution in [3.05, 3.63) is 12.2 Å². The molecule has 0 radical (unpaired) electrons. The normalized spacial score (nSPS) is 15.1. The van der Waals surface area contributed by atoms with Crippen LogP contribution in [0.5, 0.6) is 0 Å². The zero-order chi connectivity index (χ0) is 13.4. The van der Waals surface area contributed by atoms with E-state index in [1.807, 2.05) is 0 Å². The van der Waals surface area contributed by atoms with E-state index in [0.717, 1.165) is 0 Å². The molecular weight excluding hydrogens is 238 g/mol. The summed E-state index contributed by atoms with van der Waals surface area (Å²) in [5.74, 6) is -0.422. The van der Waals surface area contributed by atoms with Gasteiger partial charge in [-0.15, -0.1) is 0 Å². The standard InChI is InChI=1S/C12H19NO5/c1-10(2)11(14)17-6-3-7-18-12(15)13-4-8-16-9-5-13/h1,3-9H2,2H3. The van der Waals surface area contributed by atoms with Gasteiger partial charge in [0, 0.05) is 25.1 Å². The van der Waals surface area contributed by atoms with Crippen molar-refractivity contribution in [2.24, 2.45) is 0 Å². The fourth-order valence-electron chi connectivity index (χ4n) is 1.34. The second-order valence-electron chi connectivity index (χ2n) is 3.98. The third-order valence-electron chi connectivity index (χ3n) is 2.37. The van der Waals surface area contributed by atoms with E-state index in [-0.39, 0.29) is 19.3 Å². The van der Waals surface area contributed by atoms with Gasteiger partial charge in [0.15, 0.2) is 0 Å². The van der Waals surface area contributed by atoms with E-state index in [1.54, 1.807) is 11.8 Å². The van der Waals surface area contributed by atoms with E-state index >= 15 is 0 Å². The lowest BCUT2D eigenvalue weighted by Crippen LogP contribution is -2.41. The zero-order valence-electron chi connectivity index (χ0n) is 10.6. The second kappa shape index (κ2) is 7.71. The minimum atomic E-state index is -0.422. The Hall–Kier alpha value is -1.56. The number of rotatable bonds is 5. The van der Waals surface area contributed by atoms with Crippen molar-refractivity contribution in [1.82, 2.24) is 4.90 Å². The maximum Gasteiger partial charge on any atom is 0.409 e. The van der Waals surface area contributed by atoms with Crippen molar-refractivity contribution in [2.45, 2.75) is 13.3 Å². The van der Waals surface area contributed by atoms with Gasteiger partial charge >= 0.3 is 12.1 Å². The van der Waals surface area contributed by atoms with Gasteiger partial charge in [-0.05, 0) is 6.92 Å². The Balaban J connectivity index is 2.05. The Labute approximate surface area is 106 Å². The molecule has 6 heteroatoms. The first-order valence-electron chi connectivity index (χ1n) is 5.93. The summed E-state index contributed by atoms with van der Waals surface area (Å²) in [7, 11) is 0. The molecule has 1 aliphatic rings. The maximum absolute atomic E-state index is 11.5. The van der Waals surface area contributed by atoms with Crippen molar-refractivity contribution in [1.29, 1.82) is 0 Å². The molecule has 0 saturated carbocycles. The fraction of sp³-hybridized carbons (Fsp3) is 0.667. The molecule has 1 aliphatic heterocycles. The van der Waals surface area contributed by atoms with Crippen molar-refractivity contribution >= 4 is 12.1 Å². The number of hydrogen-bond acceptors (Lipinski definition) is 5. The summed E-state index contributed by atoms with van der Waals surface area (Å²) in [5.41, 5.74) is 0.361. The third kappa shape index (κ3) is 5.18. The summed E-state index contributed by atoms with van der Waals surface area (Å²) < 4.78 is 15.0. The predicted octanol–water partition coefficient (Wildman–Crippen LogP) is 0.965. The highest BCUT2D eigenvalue weighted by Crippen LogP contribution is 2.00. The quantitative estimate of drug-likeness (QED) is 0.417.